The molecule has 0 saturated carbocycles. The van der Waals surface area contributed by atoms with Gasteiger partial charge < -0.3 is 4.57 Å². The molecule has 3 heterocycles. The van der Waals surface area contributed by atoms with Crippen molar-refractivity contribution < 1.29 is 0 Å². The van der Waals surface area contributed by atoms with Crippen molar-refractivity contribution in [1.82, 2.24) is 14.1 Å². The molecule has 0 saturated heterocycles. The first-order chi connectivity index (χ1) is 47.6. The van der Waals surface area contributed by atoms with E-state index < -0.39 is 0 Å². The Morgan fingerprint density at radius 3 is 0.958 bits per heavy atom. The molecule has 0 fully saturated rings. The van der Waals surface area contributed by atoms with Gasteiger partial charge in [-0.1, -0.05) is 303 Å². The summed E-state index contributed by atoms with van der Waals surface area (Å²) >= 11 is 0. The Morgan fingerprint density at radius 2 is 0.552 bits per heavy atom. The zero-order valence-corrected chi connectivity index (χ0v) is 52.1. The van der Waals surface area contributed by atoms with Gasteiger partial charge in [-0.2, -0.15) is 10.5 Å². The van der Waals surface area contributed by atoms with E-state index in [1.54, 1.807) is 0 Å². The molecule has 5 heteroatoms. The van der Waals surface area contributed by atoms with Crippen molar-refractivity contribution in [3.05, 3.63) is 357 Å². The predicted molar refractivity (Wildman–Crippen MR) is 397 cm³/mol. The van der Waals surface area contributed by atoms with Crippen molar-refractivity contribution >= 4 is 43.6 Å². The minimum Gasteiger partial charge on any atom is -0.309 e. The standard InChI is InChI=1S/C91H57N5/c92-58-73-80(60-32-10-1-11-33-60)83(62-36-14-3-15-37-62)86(65-42-20-6-21-43-65)85(64-40-18-5-19-41-64)82(73)68-56-75(94-79(57-68)96-77-53-31-29-51-72(77)90-78(96)55-54-71-70-50-28-30-52-76(70)95(91(71)90)69-48-26-9-27-49-69)89-74(59-93)81(61-34-12-2-13-35-61)84(63-38-16-4-17-39-63)87(66-44-22-7-23-45-66)88(89)67-46-24-8-25-47-67/h1-57H. The fourth-order valence-electron chi connectivity index (χ4n) is 14.9. The van der Waals surface area contributed by atoms with E-state index in [1.165, 1.54) is 0 Å². The molecule has 0 atom stereocenters. The molecule has 5 nitrogen and oxygen atoms in total. The van der Waals surface area contributed by atoms with E-state index in [4.69, 9.17) is 4.98 Å². The van der Waals surface area contributed by atoms with Crippen molar-refractivity contribution in [2.75, 3.05) is 0 Å². The minimum atomic E-state index is 0.462. The first-order valence-electron chi connectivity index (χ1n) is 32.4. The Hall–Kier alpha value is -13.2. The highest BCUT2D eigenvalue weighted by atomic mass is 15.1. The van der Waals surface area contributed by atoms with Crippen LogP contribution in [0.5, 0.6) is 0 Å². The number of hydrogen-bond donors (Lipinski definition) is 0. The van der Waals surface area contributed by atoms with E-state index >= 15 is 0 Å². The van der Waals surface area contributed by atoms with Crippen LogP contribution in [-0.4, -0.2) is 14.1 Å². The van der Waals surface area contributed by atoms with Gasteiger partial charge in [-0.25, -0.2) is 4.98 Å². The maximum absolute atomic E-state index is 12.7. The third-order valence-electron chi connectivity index (χ3n) is 18.8. The Morgan fingerprint density at radius 1 is 0.240 bits per heavy atom. The fourth-order valence-corrected chi connectivity index (χ4v) is 14.9. The lowest BCUT2D eigenvalue weighted by Crippen LogP contribution is -2.06. The summed E-state index contributed by atoms with van der Waals surface area (Å²) in [4.78, 5) is 6.15. The number of pyridine rings is 1. The van der Waals surface area contributed by atoms with Crippen LogP contribution in [0.15, 0.2) is 346 Å². The van der Waals surface area contributed by atoms with Gasteiger partial charge in [-0.15, -0.1) is 0 Å². The van der Waals surface area contributed by atoms with Crippen LogP contribution in [0.25, 0.3) is 167 Å². The van der Waals surface area contributed by atoms with Gasteiger partial charge >= 0.3 is 0 Å². The molecular weight excluding hydrogens is 1160 g/mol. The molecule has 17 aromatic rings. The molecule has 0 aliphatic carbocycles. The number of hydrogen-bond acceptors (Lipinski definition) is 3. The summed E-state index contributed by atoms with van der Waals surface area (Å²) in [6.07, 6.45) is 0. The predicted octanol–water partition coefficient (Wildman–Crippen LogP) is 23.7. The van der Waals surface area contributed by atoms with Gasteiger partial charge in [0.1, 0.15) is 18.0 Å². The van der Waals surface area contributed by atoms with Crippen molar-refractivity contribution in [1.29, 1.82) is 10.5 Å². The molecule has 17 rings (SSSR count). The molecule has 0 unspecified atom stereocenters. The normalized spacial score (nSPS) is 11.3. The molecule has 0 bridgehead atoms. The van der Waals surface area contributed by atoms with Gasteiger partial charge in [0.25, 0.3) is 0 Å². The highest BCUT2D eigenvalue weighted by Gasteiger charge is 2.33. The Kier molecular flexibility index (Phi) is 14.3. The summed E-state index contributed by atoms with van der Waals surface area (Å²) in [5.41, 5.74) is 23.4. The number of nitrogens with zero attached hydrogens (tertiary/aromatic N) is 5. The lowest BCUT2D eigenvalue weighted by molar-refractivity contribution is 1.08. The van der Waals surface area contributed by atoms with Crippen LogP contribution in [0, 0.1) is 22.7 Å². The van der Waals surface area contributed by atoms with Crippen LogP contribution in [0.3, 0.4) is 0 Å². The van der Waals surface area contributed by atoms with Crippen LogP contribution in [0.2, 0.25) is 0 Å². The van der Waals surface area contributed by atoms with Gasteiger partial charge in [-0.05, 0) is 120 Å². The maximum atomic E-state index is 12.7. The van der Waals surface area contributed by atoms with Crippen LogP contribution in [0.1, 0.15) is 11.1 Å². The molecule has 0 radical (unpaired) electrons. The molecule has 3 aromatic heterocycles. The Labute approximate surface area is 556 Å². The van der Waals surface area contributed by atoms with E-state index in [-0.39, 0.29) is 0 Å². The monoisotopic (exact) mass is 1220 g/mol. The maximum Gasteiger partial charge on any atom is 0.138 e. The van der Waals surface area contributed by atoms with E-state index in [2.05, 4.69) is 319 Å². The largest absolute Gasteiger partial charge is 0.309 e. The molecule has 0 amide bonds. The second kappa shape index (κ2) is 24.1. The molecule has 96 heavy (non-hydrogen) atoms. The highest BCUT2D eigenvalue weighted by Crippen LogP contribution is 2.56. The van der Waals surface area contributed by atoms with Crippen LogP contribution < -0.4 is 0 Å². The van der Waals surface area contributed by atoms with Crippen molar-refractivity contribution in [3.8, 4) is 135 Å². The Bertz CT molecular complexity index is 5650. The lowest BCUT2D eigenvalue weighted by atomic mass is 9.75. The SMILES string of the molecule is N#Cc1c(-c2ccccc2)c(-c2ccccc2)c(-c2ccccc2)c(-c2ccccc2)c1-c1cc(-c2c(C#N)c(-c3ccccc3)c(-c3ccccc3)c(-c3ccccc3)c2-c2ccccc2)nc(-n2c3ccccc3c3c2ccc2c4ccccc4n(-c4ccccc4)c23)c1. The number of nitriles is 2. The zero-order chi connectivity index (χ0) is 64.1. The smallest absolute Gasteiger partial charge is 0.138 e. The summed E-state index contributed by atoms with van der Waals surface area (Å²) in [5, 5.41) is 29.7. The number of para-hydroxylation sites is 3. The van der Waals surface area contributed by atoms with Gasteiger partial charge in [-0.3, -0.25) is 4.57 Å². The third kappa shape index (κ3) is 9.42. The summed E-state index contributed by atoms with van der Waals surface area (Å²) < 4.78 is 4.72. The zero-order valence-electron chi connectivity index (χ0n) is 52.1. The first kappa shape index (κ1) is 56.8. The molecule has 446 valence electrons. The van der Waals surface area contributed by atoms with Gasteiger partial charge in [0, 0.05) is 55.0 Å². The minimum absolute atomic E-state index is 0.462. The van der Waals surface area contributed by atoms with Crippen LogP contribution in [0.4, 0.5) is 0 Å². The number of aromatic nitrogens is 3. The van der Waals surface area contributed by atoms with Gasteiger partial charge in [0.2, 0.25) is 0 Å². The molecular formula is C91H57N5. The van der Waals surface area contributed by atoms with Crippen molar-refractivity contribution in [3.63, 3.8) is 0 Å². The molecule has 0 spiro atoms. The second-order valence-electron chi connectivity index (χ2n) is 24.1. The van der Waals surface area contributed by atoms with Crippen LogP contribution >= 0.6 is 0 Å². The summed E-state index contributed by atoms with van der Waals surface area (Å²) in [7, 11) is 0. The summed E-state index contributed by atoms with van der Waals surface area (Å²) in [5.74, 6) is 0.602. The number of benzene rings is 14. The third-order valence-corrected chi connectivity index (χ3v) is 18.8. The first-order valence-corrected chi connectivity index (χ1v) is 32.4. The van der Waals surface area contributed by atoms with Gasteiger partial charge in [0.15, 0.2) is 0 Å². The number of fused-ring (bicyclic) bond motifs is 7. The summed E-state index contributed by atoms with van der Waals surface area (Å²) in [6, 6.07) is 127. The molecule has 0 aliphatic heterocycles. The molecule has 0 N–H and O–H groups in total. The quantitative estimate of drug-likeness (QED) is 0.122. The highest BCUT2D eigenvalue weighted by molar-refractivity contribution is 6.26. The number of rotatable bonds is 12. The van der Waals surface area contributed by atoms with E-state index in [0.29, 0.717) is 28.2 Å². The van der Waals surface area contributed by atoms with E-state index in [9.17, 15) is 10.5 Å². The van der Waals surface area contributed by atoms with Crippen LogP contribution in [-0.2, 0) is 0 Å². The average Bonchev–Trinajstić information content (AvgIpc) is 1.39. The summed E-state index contributed by atoms with van der Waals surface area (Å²) in [6.45, 7) is 0. The Balaban J connectivity index is 1.12. The molecule has 0 aliphatic rings. The fraction of sp³-hybridized carbons (Fsp3) is 0. The van der Waals surface area contributed by atoms with Crippen molar-refractivity contribution in [2.24, 2.45) is 0 Å². The second-order valence-corrected chi connectivity index (χ2v) is 24.1. The van der Waals surface area contributed by atoms with Gasteiger partial charge in [0.05, 0.1) is 38.9 Å². The lowest BCUT2D eigenvalue weighted by Gasteiger charge is -2.28. The van der Waals surface area contributed by atoms with E-state index in [0.717, 1.165) is 149 Å². The average molecular weight is 1220 g/mol. The van der Waals surface area contributed by atoms with Crippen molar-refractivity contribution in [2.45, 2.75) is 0 Å². The van der Waals surface area contributed by atoms with E-state index in [1.807, 2.05) is 48.5 Å². The topological polar surface area (TPSA) is 70.3 Å². The molecule has 14 aromatic carbocycles.